The number of hydrogen-bond donors (Lipinski definition) is 0. The van der Waals surface area contributed by atoms with Crippen LogP contribution in [0.25, 0.3) is 99.2 Å². The molecule has 51 heavy (non-hydrogen) atoms. The van der Waals surface area contributed by atoms with E-state index in [4.69, 9.17) is 4.42 Å². The average molecular weight is 651 g/mol. The fourth-order valence-electron chi connectivity index (χ4n) is 8.24. The van der Waals surface area contributed by atoms with Crippen molar-refractivity contribution in [1.82, 2.24) is 9.13 Å². The van der Waals surface area contributed by atoms with Crippen LogP contribution < -0.4 is 0 Å². The lowest BCUT2D eigenvalue weighted by molar-refractivity contribution is 0.668. The van der Waals surface area contributed by atoms with Crippen LogP contribution >= 0.6 is 0 Å². The van der Waals surface area contributed by atoms with Crippen LogP contribution in [0.1, 0.15) is 0 Å². The van der Waals surface area contributed by atoms with Gasteiger partial charge in [-0.25, -0.2) is 0 Å². The summed E-state index contributed by atoms with van der Waals surface area (Å²) in [7, 11) is 0. The molecular weight excluding hydrogens is 621 g/mol. The van der Waals surface area contributed by atoms with Crippen molar-refractivity contribution in [3.63, 3.8) is 0 Å². The van der Waals surface area contributed by atoms with Gasteiger partial charge in [0.1, 0.15) is 11.2 Å². The van der Waals surface area contributed by atoms with Crippen molar-refractivity contribution in [3.05, 3.63) is 182 Å². The normalized spacial score (nSPS) is 11.9. The molecule has 0 aliphatic carbocycles. The molecule has 0 spiro atoms. The first kappa shape index (κ1) is 28.0. The maximum Gasteiger partial charge on any atom is 0.137 e. The minimum atomic E-state index is 0.896. The summed E-state index contributed by atoms with van der Waals surface area (Å²) in [6.07, 6.45) is 0. The number of hydrogen-bond acceptors (Lipinski definition) is 1. The van der Waals surface area contributed by atoms with Crippen LogP contribution in [0.3, 0.4) is 0 Å². The predicted molar refractivity (Wildman–Crippen MR) is 213 cm³/mol. The van der Waals surface area contributed by atoms with Gasteiger partial charge in [0.25, 0.3) is 0 Å². The fraction of sp³-hybridized carbons (Fsp3) is 0. The van der Waals surface area contributed by atoms with Crippen LogP contribution in [0.4, 0.5) is 0 Å². The number of rotatable bonds is 4. The molecule has 8 aromatic carbocycles. The van der Waals surface area contributed by atoms with E-state index in [1.165, 1.54) is 65.9 Å². The maximum absolute atomic E-state index is 6.33. The van der Waals surface area contributed by atoms with Crippen LogP contribution in [0.5, 0.6) is 0 Å². The quantitative estimate of drug-likeness (QED) is 0.186. The minimum absolute atomic E-state index is 0.896. The number of fused-ring (bicyclic) bond motifs is 9. The van der Waals surface area contributed by atoms with Gasteiger partial charge in [0.15, 0.2) is 0 Å². The average Bonchev–Trinajstić information content (AvgIpc) is 3.85. The highest BCUT2D eigenvalue weighted by molar-refractivity contribution is 6.17. The molecule has 0 radical (unpaired) electrons. The van der Waals surface area contributed by atoms with E-state index in [1.54, 1.807) is 0 Å². The molecule has 0 fully saturated rings. The molecular formula is C48H30N2O. The highest BCUT2D eigenvalue weighted by Gasteiger charge is 2.19. The van der Waals surface area contributed by atoms with Crippen molar-refractivity contribution in [1.29, 1.82) is 0 Å². The van der Waals surface area contributed by atoms with E-state index in [-0.39, 0.29) is 0 Å². The second-order valence-corrected chi connectivity index (χ2v) is 13.3. The Morgan fingerprint density at radius 1 is 0.314 bits per heavy atom. The molecule has 3 heteroatoms. The Kier molecular flexibility index (Phi) is 5.96. The van der Waals surface area contributed by atoms with Crippen molar-refractivity contribution in [2.24, 2.45) is 0 Å². The third kappa shape index (κ3) is 4.19. The lowest BCUT2D eigenvalue weighted by Gasteiger charge is -2.11. The lowest BCUT2D eigenvalue weighted by atomic mass is 9.98. The second-order valence-electron chi connectivity index (χ2n) is 13.3. The summed E-state index contributed by atoms with van der Waals surface area (Å²) < 4.78 is 11.1. The highest BCUT2D eigenvalue weighted by Crippen LogP contribution is 2.42. The van der Waals surface area contributed by atoms with Crippen LogP contribution in [0.15, 0.2) is 186 Å². The first-order valence-corrected chi connectivity index (χ1v) is 17.4. The monoisotopic (exact) mass is 650 g/mol. The van der Waals surface area contributed by atoms with Gasteiger partial charge in [0.05, 0.1) is 22.1 Å². The summed E-state index contributed by atoms with van der Waals surface area (Å²) in [6.45, 7) is 0. The van der Waals surface area contributed by atoms with Crippen molar-refractivity contribution in [2.45, 2.75) is 0 Å². The molecule has 0 N–H and O–H groups in total. The van der Waals surface area contributed by atoms with Gasteiger partial charge in [-0.15, -0.1) is 0 Å². The Balaban J connectivity index is 1.10. The van der Waals surface area contributed by atoms with E-state index in [0.717, 1.165) is 33.3 Å². The van der Waals surface area contributed by atoms with Gasteiger partial charge in [-0.1, -0.05) is 115 Å². The van der Waals surface area contributed by atoms with Crippen molar-refractivity contribution < 1.29 is 4.42 Å². The van der Waals surface area contributed by atoms with Gasteiger partial charge in [0.2, 0.25) is 0 Å². The lowest BCUT2D eigenvalue weighted by Crippen LogP contribution is -1.94. The first-order valence-electron chi connectivity index (χ1n) is 17.4. The number of furan rings is 1. The molecule has 3 nitrogen and oxygen atoms in total. The van der Waals surface area contributed by atoms with Crippen molar-refractivity contribution in [3.8, 4) is 33.6 Å². The van der Waals surface area contributed by atoms with Crippen LogP contribution in [0, 0.1) is 0 Å². The Morgan fingerprint density at radius 2 is 0.902 bits per heavy atom. The van der Waals surface area contributed by atoms with E-state index in [1.807, 2.05) is 12.1 Å². The van der Waals surface area contributed by atoms with Gasteiger partial charge in [0, 0.05) is 49.8 Å². The second kappa shape index (κ2) is 10.8. The number of nitrogens with zero attached hydrogens (tertiary/aromatic N) is 2. The van der Waals surface area contributed by atoms with Gasteiger partial charge in [-0.2, -0.15) is 0 Å². The molecule has 3 heterocycles. The van der Waals surface area contributed by atoms with Crippen LogP contribution in [-0.2, 0) is 0 Å². The minimum Gasteiger partial charge on any atom is -0.456 e. The molecule has 0 saturated carbocycles. The predicted octanol–water partition coefficient (Wildman–Crippen LogP) is 13.1. The highest BCUT2D eigenvalue weighted by atomic mass is 16.3. The van der Waals surface area contributed by atoms with Gasteiger partial charge < -0.3 is 13.6 Å². The number of para-hydroxylation sites is 3. The van der Waals surface area contributed by atoms with Gasteiger partial charge in [-0.05, 0) is 82.9 Å². The Morgan fingerprint density at radius 3 is 1.75 bits per heavy atom. The number of benzene rings is 8. The number of aromatic nitrogens is 2. The zero-order valence-electron chi connectivity index (χ0n) is 27.6. The molecule has 11 aromatic rings. The van der Waals surface area contributed by atoms with Crippen molar-refractivity contribution >= 4 is 65.6 Å². The van der Waals surface area contributed by atoms with E-state index >= 15 is 0 Å². The van der Waals surface area contributed by atoms with E-state index < -0.39 is 0 Å². The topological polar surface area (TPSA) is 23.0 Å². The Hall–Kier alpha value is -6.84. The summed E-state index contributed by atoms with van der Waals surface area (Å²) in [5.74, 6) is 0. The van der Waals surface area contributed by atoms with Crippen LogP contribution in [-0.4, -0.2) is 9.13 Å². The molecule has 11 rings (SSSR count). The summed E-state index contributed by atoms with van der Waals surface area (Å²) >= 11 is 0. The molecule has 0 unspecified atom stereocenters. The molecule has 238 valence electrons. The third-order valence-electron chi connectivity index (χ3n) is 10.5. The zero-order chi connectivity index (χ0) is 33.5. The molecule has 0 saturated heterocycles. The van der Waals surface area contributed by atoms with Crippen LogP contribution in [0.2, 0.25) is 0 Å². The molecule has 0 aliphatic rings. The fourth-order valence-corrected chi connectivity index (χ4v) is 8.24. The van der Waals surface area contributed by atoms with E-state index in [9.17, 15) is 0 Å². The van der Waals surface area contributed by atoms with Crippen molar-refractivity contribution in [2.75, 3.05) is 0 Å². The van der Waals surface area contributed by atoms with Gasteiger partial charge >= 0.3 is 0 Å². The summed E-state index contributed by atoms with van der Waals surface area (Å²) in [4.78, 5) is 0. The standard InChI is InChI=1S/C48H30N2O/c1-2-11-31(12-3-1)32-21-24-34(25-22-32)49-42-17-7-4-13-37(42)41-29-33(23-28-44(41)49)36-16-10-19-45-48(36)40-15-5-8-18-43(40)50(45)35-26-27-39-38-14-6-9-20-46(38)51-47(39)30-35/h1-30H. The Labute approximate surface area is 293 Å². The molecule has 0 amide bonds. The summed E-state index contributed by atoms with van der Waals surface area (Å²) in [6, 6.07) is 65.5. The van der Waals surface area contributed by atoms with Gasteiger partial charge in [-0.3, -0.25) is 0 Å². The van der Waals surface area contributed by atoms with E-state index in [0.29, 0.717) is 0 Å². The smallest absolute Gasteiger partial charge is 0.137 e. The van der Waals surface area contributed by atoms with E-state index in [2.05, 4.69) is 179 Å². The Bertz CT molecular complexity index is 3120. The summed E-state index contributed by atoms with van der Waals surface area (Å²) in [5, 5.41) is 7.24. The molecule has 3 aromatic heterocycles. The summed E-state index contributed by atoms with van der Waals surface area (Å²) in [5.41, 5.74) is 13.6. The SMILES string of the molecule is c1ccc(-c2ccc(-n3c4ccccc4c4cc(-c5cccc6c5c5ccccc5n6-c5ccc6c(c5)oc5ccccc56)ccc43)cc2)cc1. The third-order valence-corrected chi connectivity index (χ3v) is 10.5. The maximum atomic E-state index is 6.33. The molecule has 0 aliphatic heterocycles. The molecule has 0 bridgehead atoms. The first-order chi connectivity index (χ1) is 25.3. The largest absolute Gasteiger partial charge is 0.456 e. The zero-order valence-corrected chi connectivity index (χ0v) is 27.6. The molecule has 0 atom stereocenters.